The Kier molecular flexibility index (Phi) is 4.38. The van der Waals surface area contributed by atoms with Gasteiger partial charge in [-0.15, -0.1) is 0 Å². The van der Waals surface area contributed by atoms with Gasteiger partial charge in [-0.2, -0.15) is 0 Å². The van der Waals surface area contributed by atoms with Crippen molar-refractivity contribution in [2.24, 2.45) is 5.41 Å². The summed E-state index contributed by atoms with van der Waals surface area (Å²) in [6, 6.07) is 8.24. The van der Waals surface area contributed by atoms with Crippen LogP contribution >= 0.6 is 0 Å². The molecular weight excluding hydrogens is 238 g/mol. The van der Waals surface area contributed by atoms with Crippen LogP contribution in [-0.4, -0.2) is 25.7 Å². The third kappa shape index (κ3) is 3.93. The van der Waals surface area contributed by atoms with Gasteiger partial charge in [0.1, 0.15) is 0 Å². The molecule has 0 spiro atoms. The van der Waals surface area contributed by atoms with E-state index in [0.29, 0.717) is 6.54 Å². The van der Waals surface area contributed by atoms with Crippen molar-refractivity contribution < 1.29 is 9.53 Å². The Bertz CT molecular complexity index is 458. The van der Waals surface area contributed by atoms with Crippen LogP contribution in [0.3, 0.4) is 0 Å². The van der Waals surface area contributed by atoms with Gasteiger partial charge in [0.05, 0.1) is 13.2 Å². The highest BCUT2D eigenvalue weighted by Gasteiger charge is 2.33. The van der Waals surface area contributed by atoms with E-state index in [1.807, 2.05) is 18.2 Å². The first kappa shape index (κ1) is 13.8. The minimum Gasteiger partial charge on any atom is -0.380 e. The second kappa shape index (κ2) is 6.02. The average Bonchev–Trinajstić information content (AvgIpc) is 2.41. The molecule has 1 aliphatic rings. The Labute approximate surface area is 114 Å². The van der Waals surface area contributed by atoms with Gasteiger partial charge in [-0.25, -0.2) is 0 Å². The van der Waals surface area contributed by atoms with Crippen molar-refractivity contribution in [3.8, 4) is 0 Å². The molecule has 3 heteroatoms. The van der Waals surface area contributed by atoms with Crippen LogP contribution < -0.4 is 5.32 Å². The number of carbonyl (C=O) groups is 1. The molecule has 3 nitrogen and oxygen atoms in total. The normalized spacial score (nSPS) is 17.2. The lowest BCUT2D eigenvalue weighted by atomic mass is 9.89. The first-order valence-electron chi connectivity index (χ1n) is 6.74. The number of hydrogen-bond donors (Lipinski definition) is 1. The summed E-state index contributed by atoms with van der Waals surface area (Å²) >= 11 is 0. The summed E-state index contributed by atoms with van der Waals surface area (Å²) in [5.41, 5.74) is 2.47. The maximum Gasteiger partial charge on any atom is 0.244 e. The Hall–Kier alpha value is -1.61. The average molecular weight is 259 g/mol. The molecule has 0 saturated carbocycles. The van der Waals surface area contributed by atoms with E-state index < -0.39 is 0 Å². The van der Waals surface area contributed by atoms with Crippen LogP contribution in [0, 0.1) is 5.41 Å². The zero-order valence-corrected chi connectivity index (χ0v) is 11.6. The van der Waals surface area contributed by atoms with E-state index in [-0.39, 0.29) is 11.3 Å². The molecule has 1 aliphatic heterocycles. The molecule has 0 atom stereocenters. The van der Waals surface area contributed by atoms with E-state index in [1.165, 1.54) is 5.56 Å². The molecule has 1 aromatic carbocycles. The van der Waals surface area contributed by atoms with Crippen LogP contribution in [0.25, 0.3) is 6.08 Å². The topological polar surface area (TPSA) is 38.3 Å². The van der Waals surface area contributed by atoms with Crippen molar-refractivity contribution in [3.05, 3.63) is 41.5 Å². The Morgan fingerprint density at radius 1 is 1.37 bits per heavy atom. The molecule has 2 rings (SSSR count). The maximum absolute atomic E-state index is 11.7. The van der Waals surface area contributed by atoms with Gasteiger partial charge in [0.15, 0.2) is 0 Å². The molecule has 1 saturated heterocycles. The van der Waals surface area contributed by atoms with Crippen molar-refractivity contribution in [3.63, 3.8) is 0 Å². The standard InChI is InChI=1S/C16H21NO2/c1-3-13-4-6-14(7-5-13)8-9-15(18)17-10-16(2)11-19-12-16/h4-9H,3,10-12H2,1-2H3,(H,17,18). The maximum atomic E-state index is 11.7. The fourth-order valence-corrected chi connectivity index (χ4v) is 1.95. The summed E-state index contributed by atoms with van der Waals surface area (Å²) in [6.45, 7) is 6.38. The second-order valence-electron chi connectivity index (χ2n) is 5.45. The highest BCUT2D eigenvalue weighted by molar-refractivity contribution is 5.91. The molecule has 0 aromatic heterocycles. The molecule has 19 heavy (non-hydrogen) atoms. The lowest BCUT2D eigenvalue weighted by Gasteiger charge is -2.37. The smallest absolute Gasteiger partial charge is 0.244 e. The fourth-order valence-electron chi connectivity index (χ4n) is 1.95. The highest BCUT2D eigenvalue weighted by Crippen LogP contribution is 2.24. The van der Waals surface area contributed by atoms with Crippen molar-refractivity contribution in [1.29, 1.82) is 0 Å². The van der Waals surface area contributed by atoms with E-state index in [4.69, 9.17) is 4.74 Å². The number of carbonyl (C=O) groups excluding carboxylic acids is 1. The number of rotatable bonds is 5. The Balaban J connectivity index is 1.81. The highest BCUT2D eigenvalue weighted by atomic mass is 16.5. The predicted molar refractivity (Wildman–Crippen MR) is 76.8 cm³/mol. The van der Waals surface area contributed by atoms with E-state index >= 15 is 0 Å². The van der Waals surface area contributed by atoms with Gasteiger partial charge in [0.25, 0.3) is 0 Å². The van der Waals surface area contributed by atoms with E-state index in [0.717, 1.165) is 25.2 Å². The first-order chi connectivity index (χ1) is 9.11. The molecule has 1 fully saturated rings. The molecule has 0 radical (unpaired) electrons. The van der Waals surface area contributed by atoms with Crippen LogP contribution in [0.1, 0.15) is 25.0 Å². The SMILES string of the molecule is CCc1ccc(C=CC(=O)NCC2(C)COC2)cc1. The summed E-state index contributed by atoms with van der Waals surface area (Å²) in [4.78, 5) is 11.7. The van der Waals surface area contributed by atoms with Gasteiger partial charge in [0.2, 0.25) is 5.91 Å². The molecule has 0 unspecified atom stereocenters. The number of nitrogens with one attached hydrogen (secondary N) is 1. The number of benzene rings is 1. The fraction of sp³-hybridized carbons (Fsp3) is 0.438. The van der Waals surface area contributed by atoms with E-state index in [1.54, 1.807) is 6.08 Å². The number of aryl methyl sites for hydroxylation is 1. The van der Waals surface area contributed by atoms with Gasteiger partial charge in [0, 0.05) is 18.0 Å². The summed E-state index contributed by atoms with van der Waals surface area (Å²) in [6.07, 6.45) is 4.46. The summed E-state index contributed by atoms with van der Waals surface area (Å²) in [5.74, 6) is -0.0484. The van der Waals surface area contributed by atoms with Gasteiger partial charge < -0.3 is 10.1 Å². The quantitative estimate of drug-likeness (QED) is 0.825. The van der Waals surface area contributed by atoms with Crippen molar-refractivity contribution in [2.45, 2.75) is 20.3 Å². The monoisotopic (exact) mass is 259 g/mol. The second-order valence-corrected chi connectivity index (χ2v) is 5.45. The van der Waals surface area contributed by atoms with Crippen molar-refractivity contribution >= 4 is 12.0 Å². The summed E-state index contributed by atoms with van der Waals surface area (Å²) in [7, 11) is 0. The third-order valence-electron chi connectivity index (χ3n) is 3.41. The first-order valence-corrected chi connectivity index (χ1v) is 6.74. The van der Waals surface area contributed by atoms with Crippen molar-refractivity contribution in [2.75, 3.05) is 19.8 Å². The Morgan fingerprint density at radius 3 is 2.58 bits per heavy atom. The van der Waals surface area contributed by atoms with Crippen LogP contribution in [0.4, 0.5) is 0 Å². The van der Waals surface area contributed by atoms with Gasteiger partial charge in [-0.3, -0.25) is 4.79 Å². The van der Waals surface area contributed by atoms with Gasteiger partial charge >= 0.3 is 0 Å². The molecule has 0 aliphatic carbocycles. The third-order valence-corrected chi connectivity index (χ3v) is 3.41. The lowest BCUT2D eigenvalue weighted by molar-refractivity contribution is -0.122. The van der Waals surface area contributed by atoms with E-state index in [2.05, 4.69) is 31.3 Å². The van der Waals surface area contributed by atoms with Crippen LogP contribution in [-0.2, 0) is 16.0 Å². The van der Waals surface area contributed by atoms with E-state index in [9.17, 15) is 4.79 Å². The number of amides is 1. The largest absolute Gasteiger partial charge is 0.380 e. The predicted octanol–water partition coefficient (Wildman–Crippen LogP) is 2.41. The molecule has 1 N–H and O–H groups in total. The zero-order valence-electron chi connectivity index (χ0n) is 11.6. The summed E-state index contributed by atoms with van der Waals surface area (Å²) in [5, 5.41) is 2.91. The van der Waals surface area contributed by atoms with Crippen LogP contribution in [0.5, 0.6) is 0 Å². The Morgan fingerprint density at radius 2 is 2.05 bits per heavy atom. The zero-order chi connectivity index (χ0) is 13.7. The molecule has 0 bridgehead atoms. The molecular formula is C16H21NO2. The minimum absolute atomic E-state index is 0.0484. The lowest BCUT2D eigenvalue weighted by Crippen LogP contribution is -2.48. The molecule has 1 amide bonds. The van der Waals surface area contributed by atoms with Crippen LogP contribution in [0.2, 0.25) is 0 Å². The number of hydrogen-bond acceptors (Lipinski definition) is 2. The minimum atomic E-state index is -0.0484. The van der Waals surface area contributed by atoms with Gasteiger partial charge in [-0.1, -0.05) is 38.1 Å². The van der Waals surface area contributed by atoms with Crippen LogP contribution in [0.15, 0.2) is 30.3 Å². The molecule has 1 aromatic rings. The van der Waals surface area contributed by atoms with Crippen molar-refractivity contribution in [1.82, 2.24) is 5.32 Å². The number of ether oxygens (including phenoxy) is 1. The van der Waals surface area contributed by atoms with Gasteiger partial charge in [-0.05, 0) is 23.6 Å². The molecule has 1 heterocycles. The summed E-state index contributed by atoms with van der Waals surface area (Å²) < 4.78 is 5.15. The molecule has 102 valence electrons.